The van der Waals surface area contributed by atoms with Crippen LogP contribution >= 0.6 is 11.8 Å². The molecule has 0 N–H and O–H groups in total. The van der Waals surface area contributed by atoms with Crippen LogP contribution in [0.4, 0.5) is 4.79 Å². The van der Waals surface area contributed by atoms with Gasteiger partial charge in [-0.3, -0.25) is 14.5 Å². The molecule has 134 valence electrons. The van der Waals surface area contributed by atoms with Crippen molar-refractivity contribution in [3.63, 3.8) is 0 Å². The van der Waals surface area contributed by atoms with Crippen molar-refractivity contribution in [3.05, 3.63) is 34.7 Å². The maximum Gasteiger partial charge on any atom is 0.293 e. The summed E-state index contributed by atoms with van der Waals surface area (Å²) in [5, 5.41) is -0.137. The summed E-state index contributed by atoms with van der Waals surface area (Å²) in [4.78, 5) is 26.8. The van der Waals surface area contributed by atoms with E-state index in [1.807, 2.05) is 38.1 Å². The number of ether oxygens (including phenoxy) is 1. The molecule has 1 aromatic rings. The van der Waals surface area contributed by atoms with Gasteiger partial charge in [-0.1, -0.05) is 31.4 Å². The van der Waals surface area contributed by atoms with E-state index >= 15 is 0 Å². The Labute approximate surface area is 153 Å². The van der Waals surface area contributed by atoms with Crippen LogP contribution in [0.3, 0.4) is 0 Å². The zero-order valence-electron chi connectivity index (χ0n) is 14.9. The normalized spacial score (nSPS) is 20.8. The number of amides is 2. The molecule has 1 aliphatic carbocycles. The van der Waals surface area contributed by atoms with Crippen LogP contribution < -0.4 is 4.74 Å². The molecule has 25 heavy (non-hydrogen) atoms. The van der Waals surface area contributed by atoms with Gasteiger partial charge in [-0.15, -0.1) is 0 Å². The highest BCUT2D eigenvalue weighted by atomic mass is 32.2. The lowest BCUT2D eigenvalue weighted by Gasteiger charge is -2.25. The van der Waals surface area contributed by atoms with Gasteiger partial charge >= 0.3 is 0 Å². The van der Waals surface area contributed by atoms with Crippen molar-refractivity contribution >= 4 is 29.0 Å². The third-order valence-corrected chi connectivity index (χ3v) is 5.50. The highest BCUT2D eigenvalue weighted by Crippen LogP contribution is 2.35. The average Bonchev–Trinajstić information content (AvgIpc) is 2.85. The Balaban J connectivity index is 1.67. The lowest BCUT2D eigenvalue weighted by Crippen LogP contribution is -2.34. The molecule has 1 aromatic carbocycles. The van der Waals surface area contributed by atoms with Gasteiger partial charge in [0.1, 0.15) is 5.75 Å². The maximum atomic E-state index is 12.6. The Bertz CT molecular complexity index is 660. The maximum absolute atomic E-state index is 12.6. The monoisotopic (exact) mass is 359 g/mol. The second-order valence-corrected chi connectivity index (χ2v) is 8.03. The molecule has 4 nitrogen and oxygen atoms in total. The van der Waals surface area contributed by atoms with Crippen molar-refractivity contribution in [2.75, 3.05) is 6.54 Å². The highest BCUT2D eigenvalue weighted by Gasteiger charge is 2.36. The van der Waals surface area contributed by atoms with Gasteiger partial charge in [0.25, 0.3) is 11.1 Å². The largest absolute Gasteiger partial charge is 0.491 e. The van der Waals surface area contributed by atoms with Crippen LogP contribution in [0.2, 0.25) is 0 Å². The molecular weight excluding hydrogens is 334 g/mol. The molecule has 0 atom stereocenters. The van der Waals surface area contributed by atoms with Gasteiger partial charge in [-0.05, 0) is 68.1 Å². The van der Waals surface area contributed by atoms with Gasteiger partial charge in [0.05, 0.1) is 11.0 Å². The van der Waals surface area contributed by atoms with Gasteiger partial charge in [0.15, 0.2) is 0 Å². The fourth-order valence-electron chi connectivity index (χ4n) is 3.35. The number of carbonyl (C=O) groups excluding carboxylic acids is 2. The van der Waals surface area contributed by atoms with Crippen LogP contribution in [0.5, 0.6) is 5.75 Å². The Hall–Kier alpha value is -1.75. The second kappa shape index (κ2) is 8.09. The first kappa shape index (κ1) is 18.1. The lowest BCUT2D eigenvalue weighted by molar-refractivity contribution is -0.123. The molecule has 0 unspecified atom stereocenters. The summed E-state index contributed by atoms with van der Waals surface area (Å²) in [5.74, 6) is 1.12. The number of imide groups is 1. The van der Waals surface area contributed by atoms with Crippen molar-refractivity contribution in [2.45, 2.75) is 52.1 Å². The lowest BCUT2D eigenvalue weighted by atomic mass is 9.89. The van der Waals surface area contributed by atoms with Crippen molar-refractivity contribution in [2.24, 2.45) is 5.92 Å². The van der Waals surface area contributed by atoms with Crippen LogP contribution in [0.25, 0.3) is 6.08 Å². The second-order valence-electron chi connectivity index (χ2n) is 7.03. The molecule has 1 saturated carbocycles. The first-order valence-electron chi connectivity index (χ1n) is 9.05. The number of hydrogen-bond donors (Lipinski definition) is 0. The smallest absolute Gasteiger partial charge is 0.293 e. The SMILES string of the molecule is CC(C)Oc1ccc(/C=C2/SC(=O)N(CC3CCCCC3)C2=O)cc1. The van der Waals surface area contributed by atoms with Gasteiger partial charge in [0, 0.05) is 6.54 Å². The Kier molecular flexibility index (Phi) is 5.84. The van der Waals surface area contributed by atoms with Crippen LogP contribution in [0.15, 0.2) is 29.2 Å². The predicted octanol–water partition coefficient (Wildman–Crippen LogP) is 5.09. The van der Waals surface area contributed by atoms with Crippen molar-refractivity contribution < 1.29 is 14.3 Å². The summed E-state index contributed by atoms with van der Waals surface area (Å²) in [6, 6.07) is 7.59. The van der Waals surface area contributed by atoms with Crippen LogP contribution in [0.1, 0.15) is 51.5 Å². The van der Waals surface area contributed by atoms with E-state index in [4.69, 9.17) is 4.74 Å². The van der Waals surface area contributed by atoms with Crippen molar-refractivity contribution in [1.82, 2.24) is 4.90 Å². The van der Waals surface area contributed by atoms with E-state index in [0.29, 0.717) is 17.4 Å². The van der Waals surface area contributed by atoms with Gasteiger partial charge in [-0.25, -0.2) is 0 Å². The molecule has 1 heterocycles. The summed E-state index contributed by atoms with van der Waals surface area (Å²) in [7, 11) is 0. The molecule has 0 aromatic heterocycles. The molecule has 1 saturated heterocycles. The third-order valence-electron chi connectivity index (χ3n) is 4.59. The number of nitrogens with zero attached hydrogens (tertiary/aromatic N) is 1. The molecule has 0 spiro atoms. The minimum Gasteiger partial charge on any atom is -0.491 e. The number of rotatable bonds is 5. The van der Waals surface area contributed by atoms with E-state index in [1.165, 1.54) is 24.2 Å². The highest BCUT2D eigenvalue weighted by molar-refractivity contribution is 8.18. The third kappa shape index (κ3) is 4.66. The number of carbonyl (C=O) groups is 2. The Morgan fingerprint density at radius 2 is 1.84 bits per heavy atom. The minimum atomic E-state index is -0.150. The van der Waals surface area contributed by atoms with Crippen molar-refractivity contribution in [1.29, 1.82) is 0 Å². The number of benzene rings is 1. The van der Waals surface area contributed by atoms with Crippen molar-refractivity contribution in [3.8, 4) is 5.75 Å². The van der Waals surface area contributed by atoms with E-state index in [2.05, 4.69) is 0 Å². The molecule has 2 aliphatic rings. The first-order chi connectivity index (χ1) is 12.0. The summed E-state index contributed by atoms with van der Waals surface area (Å²) < 4.78 is 5.62. The van der Waals surface area contributed by atoms with E-state index in [1.54, 1.807) is 6.08 Å². The average molecular weight is 359 g/mol. The summed E-state index contributed by atoms with van der Waals surface area (Å²) in [6.45, 7) is 4.54. The molecule has 0 bridgehead atoms. The molecule has 0 radical (unpaired) electrons. The molecule has 2 amide bonds. The molecule has 5 heteroatoms. The fraction of sp³-hybridized carbons (Fsp3) is 0.500. The molecule has 2 fully saturated rings. The standard InChI is InChI=1S/C20H25NO3S/c1-14(2)24-17-10-8-15(9-11-17)12-18-19(22)21(20(23)25-18)13-16-6-4-3-5-7-16/h8-12,14,16H,3-7,13H2,1-2H3/b18-12+. The van der Waals surface area contributed by atoms with Gasteiger partial charge in [-0.2, -0.15) is 0 Å². The topological polar surface area (TPSA) is 46.6 Å². The van der Waals surface area contributed by atoms with E-state index in [-0.39, 0.29) is 17.3 Å². The fourth-order valence-corrected chi connectivity index (χ4v) is 4.20. The number of thioether (sulfide) groups is 1. The predicted molar refractivity (Wildman–Crippen MR) is 101 cm³/mol. The Morgan fingerprint density at radius 1 is 1.16 bits per heavy atom. The Morgan fingerprint density at radius 3 is 2.48 bits per heavy atom. The van der Waals surface area contributed by atoms with Crippen LogP contribution in [-0.4, -0.2) is 28.7 Å². The quantitative estimate of drug-likeness (QED) is 0.687. The zero-order valence-corrected chi connectivity index (χ0v) is 15.7. The molecule has 3 rings (SSSR count). The summed E-state index contributed by atoms with van der Waals surface area (Å²) in [6.07, 6.45) is 7.86. The first-order valence-corrected chi connectivity index (χ1v) is 9.86. The zero-order chi connectivity index (χ0) is 17.8. The van der Waals surface area contributed by atoms with E-state index in [0.717, 1.165) is 35.9 Å². The number of hydrogen-bond acceptors (Lipinski definition) is 4. The summed E-state index contributed by atoms with van der Waals surface area (Å²) >= 11 is 1.05. The van der Waals surface area contributed by atoms with E-state index < -0.39 is 0 Å². The van der Waals surface area contributed by atoms with E-state index in [9.17, 15) is 9.59 Å². The van der Waals surface area contributed by atoms with Crippen LogP contribution in [0, 0.1) is 5.92 Å². The van der Waals surface area contributed by atoms with Gasteiger partial charge in [0.2, 0.25) is 0 Å². The van der Waals surface area contributed by atoms with Gasteiger partial charge < -0.3 is 4.74 Å². The van der Waals surface area contributed by atoms with Crippen LogP contribution in [-0.2, 0) is 4.79 Å². The minimum absolute atomic E-state index is 0.127. The molecule has 1 aliphatic heterocycles. The molecular formula is C20H25NO3S. The summed E-state index contributed by atoms with van der Waals surface area (Å²) in [5.41, 5.74) is 0.902.